The van der Waals surface area contributed by atoms with Gasteiger partial charge in [-0.3, -0.25) is 4.90 Å². The Kier molecular flexibility index (Phi) is 4.49. The Morgan fingerprint density at radius 3 is 2.94 bits per heavy atom. The van der Waals surface area contributed by atoms with Crippen molar-refractivity contribution in [1.29, 1.82) is 0 Å². The van der Waals surface area contributed by atoms with Crippen LogP contribution in [-0.2, 0) is 0 Å². The fourth-order valence-corrected chi connectivity index (χ4v) is 2.47. The molecule has 1 aromatic heterocycles. The van der Waals surface area contributed by atoms with Gasteiger partial charge in [0.1, 0.15) is 10.8 Å². The molecule has 0 amide bonds. The molecule has 2 rings (SSSR count). The molecule has 0 saturated carbocycles. The molecule has 0 spiro atoms. The van der Waals surface area contributed by atoms with Crippen molar-refractivity contribution >= 4 is 23.0 Å². The molecule has 4 nitrogen and oxygen atoms in total. The van der Waals surface area contributed by atoms with Crippen molar-refractivity contribution in [3.8, 4) is 0 Å². The SMILES string of the molecule is CC(CNc1ncccc1C(N)=S)N1CCCC1. The highest BCUT2D eigenvalue weighted by molar-refractivity contribution is 7.80. The van der Waals surface area contributed by atoms with E-state index in [1.54, 1.807) is 6.20 Å². The summed E-state index contributed by atoms with van der Waals surface area (Å²) >= 11 is 5.02. The van der Waals surface area contributed by atoms with Crippen LogP contribution in [0.3, 0.4) is 0 Å². The summed E-state index contributed by atoms with van der Waals surface area (Å²) in [6.07, 6.45) is 4.38. The Bertz CT molecular complexity index is 415. The Morgan fingerprint density at radius 2 is 2.28 bits per heavy atom. The zero-order valence-corrected chi connectivity index (χ0v) is 11.5. The fraction of sp³-hybridized carbons (Fsp3) is 0.538. The Labute approximate surface area is 114 Å². The predicted molar refractivity (Wildman–Crippen MR) is 78.9 cm³/mol. The number of rotatable bonds is 5. The summed E-state index contributed by atoms with van der Waals surface area (Å²) in [5, 5.41) is 3.35. The van der Waals surface area contributed by atoms with E-state index in [9.17, 15) is 0 Å². The largest absolute Gasteiger partial charge is 0.389 e. The first-order valence-electron chi connectivity index (χ1n) is 6.41. The van der Waals surface area contributed by atoms with Crippen LogP contribution < -0.4 is 11.1 Å². The van der Waals surface area contributed by atoms with Gasteiger partial charge in [-0.15, -0.1) is 0 Å². The van der Waals surface area contributed by atoms with Gasteiger partial charge in [-0.2, -0.15) is 0 Å². The third-order valence-corrected chi connectivity index (χ3v) is 3.62. The average Bonchev–Trinajstić information content (AvgIpc) is 2.90. The van der Waals surface area contributed by atoms with E-state index in [1.165, 1.54) is 25.9 Å². The summed E-state index contributed by atoms with van der Waals surface area (Å²) in [5.74, 6) is 0.788. The van der Waals surface area contributed by atoms with Gasteiger partial charge in [0, 0.05) is 18.8 Å². The zero-order valence-electron chi connectivity index (χ0n) is 10.7. The first-order valence-corrected chi connectivity index (χ1v) is 6.82. The molecule has 0 aromatic carbocycles. The molecule has 0 aliphatic carbocycles. The third kappa shape index (κ3) is 3.17. The van der Waals surface area contributed by atoms with Crippen LogP contribution in [0.4, 0.5) is 5.82 Å². The first-order chi connectivity index (χ1) is 8.68. The van der Waals surface area contributed by atoms with Crippen molar-refractivity contribution in [2.45, 2.75) is 25.8 Å². The van der Waals surface area contributed by atoms with Crippen molar-refractivity contribution in [2.75, 3.05) is 25.0 Å². The molecule has 0 bridgehead atoms. The quantitative estimate of drug-likeness (QED) is 0.791. The summed E-state index contributed by atoms with van der Waals surface area (Å²) in [6, 6.07) is 4.26. The highest BCUT2D eigenvalue weighted by Crippen LogP contribution is 2.14. The van der Waals surface area contributed by atoms with Gasteiger partial charge in [-0.25, -0.2) is 4.98 Å². The van der Waals surface area contributed by atoms with Crippen molar-refractivity contribution in [3.63, 3.8) is 0 Å². The van der Waals surface area contributed by atoms with Crippen LogP contribution in [0.5, 0.6) is 0 Å². The Morgan fingerprint density at radius 1 is 1.56 bits per heavy atom. The van der Waals surface area contributed by atoms with E-state index < -0.39 is 0 Å². The predicted octanol–water partition coefficient (Wildman–Crippen LogP) is 1.61. The van der Waals surface area contributed by atoms with Crippen molar-refractivity contribution in [1.82, 2.24) is 9.88 Å². The van der Waals surface area contributed by atoms with E-state index >= 15 is 0 Å². The van der Waals surface area contributed by atoms with E-state index in [-0.39, 0.29) is 0 Å². The molecule has 1 aliphatic heterocycles. The van der Waals surface area contributed by atoms with Gasteiger partial charge >= 0.3 is 0 Å². The second-order valence-electron chi connectivity index (χ2n) is 4.74. The van der Waals surface area contributed by atoms with Crippen LogP contribution in [0.25, 0.3) is 0 Å². The zero-order chi connectivity index (χ0) is 13.0. The average molecular weight is 264 g/mol. The maximum Gasteiger partial charge on any atom is 0.136 e. The van der Waals surface area contributed by atoms with Gasteiger partial charge in [0.2, 0.25) is 0 Å². The van der Waals surface area contributed by atoms with Gasteiger partial charge < -0.3 is 11.1 Å². The highest BCUT2D eigenvalue weighted by atomic mass is 32.1. The maximum absolute atomic E-state index is 5.68. The first kappa shape index (κ1) is 13.2. The third-order valence-electron chi connectivity index (χ3n) is 3.40. The number of nitrogens with zero attached hydrogens (tertiary/aromatic N) is 2. The van der Waals surface area contributed by atoms with Crippen molar-refractivity contribution in [3.05, 3.63) is 23.9 Å². The van der Waals surface area contributed by atoms with Crippen LogP contribution in [0.2, 0.25) is 0 Å². The number of nitrogens with one attached hydrogen (secondary N) is 1. The summed E-state index contributed by atoms with van der Waals surface area (Å²) in [6.45, 7) is 5.51. The molecule has 3 N–H and O–H groups in total. The number of thiocarbonyl (C=S) groups is 1. The van der Waals surface area contributed by atoms with E-state index in [0.717, 1.165) is 17.9 Å². The van der Waals surface area contributed by atoms with Gasteiger partial charge in [-0.05, 0) is 45.0 Å². The minimum absolute atomic E-state index is 0.388. The van der Waals surface area contributed by atoms with E-state index in [0.29, 0.717) is 11.0 Å². The standard InChI is InChI=1S/C13H20N4S/c1-10(17-7-2-3-8-17)9-16-13-11(12(14)18)5-4-6-15-13/h4-6,10H,2-3,7-9H2,1H3,(H2,14,18)(H,15,16). The molecule has 5 heteroatoms. The second-order valence-corrected chi connectivity index (χ2v) is 5.18. The number of aromatic nitrogens is 1. The molecule has 1 saturated heterocycles. The molecule has 1 aliphatic rings. The number of pyridine rings is 1. The number of nitrogens with two attached hydrogens (primary N) is 1. The second kappa shape index (κ2) is 6.11. The molecule has 18 heavy (non-hydrogen) atoms. The van der Waals surface area contributed by atoms with Gasteiger partial charge in [0.25, 0.3) is 0 Å². The lowest BCUT2D eigenvalue weighted by Crippen LogP contribution is -2.36. The molecule has 1 aromatic rings. The van der Waals surface area contributed by atoms with E-state index in [1.807, 2.05) is 12.1 Å². The van der Waals surface area contributed by atoms with Crippen LogP contribution in [0.15, 0.2) is 18.3 Å². The lowest BCUT2D eigenvalue weighted by Gasteiger charge is -2.24. The van der Waals surface area contributed by atoms with Crippen molar-refractivity contribution < 1.29 is 0 Å². The van der Waals surface area contributed by atoms with Crippen LogP contribution in [0.1, 0.15) is 25.3 Å². The summed E-state index contributed by atoms with van der Waals surface area (Å²) in [5.41, 5.74) is 6.50. The molecule has 1 fully saturated rings. The van der Waals surface area contributed by atoms with Gasteiger partial charge in [-0.1, -0.05) is 12.2 Å². The Balaban J connectivity index is 1.95. The monoisotopic (exact) mass is 264 g/mol. The number of hydrogen-bond donors (Lipinski definition) is 2. The minimum Gasteiger partial charge on any atom is -0.389 e. The van der Waals surface area contributed by atoms with Crippen LogP contribution in [-0.4, -0.2) is 40.5 Å². The molecular formula is C13H20N4S. The lowest BCUT2D eigenvalue weighted by molar-refractivity contribution is 0.269. The van der Waals surface area contributed by atoms with Gasteiger partial charge in [0.05, 0.1) is 5.56 Å². The Hall–Kier alpha value is -1.20. The van der Waals surface area contributed by atoms with Crippen LogP contribution >= 0.6 is 12.2 Å². The highest BCUT2D eigenvalue weighted by Gasteiger charge is 2.18. The fourth-order valence-electron chi connectivity index (χ4n) is 2.30. The van der Waals surface area contributed by atoms with Crippen molar-refractivity contribution in [2.24, 2.45) is 5.73 Å². The number of anilines is 1. The smallest absolute Gasteiger partial charge is 0.136 e. The minimum atomic E-state index is 0.388. The maximum atomic E-state index is 5.68. The van der Waals surface area contributed by atoms with Crippen LogP contribution in [0, 0.1) is 0 Å². The molecule has 0 radical (unpaired) electrons. The number of hydrogen-bond acceptors (Lipinski definition) is 4. The van der Waals surface area contributed by atoms with Gasteiger partial charge in [0.15, 0.2) is 0 Å². The molecular weight excluding hydrogens is 244 g/mol. The molecule has 1 atom stereocenters. The topological polar surface area (TPSA) is 54.2 Å². The number of likely N-dealkylation sites (tertiary alicyclic amines) is 1. The molecule has 1 unspecified atom stereocenters. The summed E-state index contributed by atoms with van der Waals surface area (Å²) in [4.78, 5) is 7.19. The molecule has 98 valence electrons. The van der Waals surface area contributed by atoms with E-state index in [2.05, 4.69) is 22.1 Å². The summed E-state index contributed by atoms with van der Waals surface area (Å²) < 4.78 is 0. The summed E-state index contributed by atoms with van der Waals surface area (Å²) in [7, 11) is 0. The van der Waals surface area contributed by atoms with E-state index in [4.69, 9.17) is 18.0 Å². The normalized spacial score (nSPS) is 17.6. The molecule has 2 heterocycles. The lowest BCUT2D eigenvalue weighted by atomic mass is 10.2.